The van der Waals surface area contributed by atoms with Gasteiger partial charge in [-0.05, 0) is 23.1 Å². The third-order valence-corrected chi connectivity index (χ3v) is 3.31. The van der Waals surface area contributed by atoms with E-state index in [1.807, 2.05) is 54.6 Å². The van der Waals surface area contributed by atoms with Crippen LogP contribution in [0.2, 0.25) is 0 Å². The van der Waals surface area contributed by atoms with Gasteiger partial charge in [-0.2, -0.15) is 0 Å². The van der Waals surface area contributed by atoms with Crippen molar-refractivity contribution in [2.75, 3.05) is 0 Å². The fourth-order valence-electron chi connectivity index (χ4n) is 2.21. The first kappa shape index (κ1) is 14.8. The van der Waals surface area contributed by atoms with Crippen LogP contribution in [0, 0.1) is 5.92 Å². The Bertz CT molecular complexity index is 617. The van der Waals surface area contributed by atoms with E-state index in [-0.39, 0.29) is 12.8 Å². The number of hydrogen-bond acceptors (Lipinski definition) is 2. The molecule has 0 aromatic heterocycles. The minimum absolute atomic E-state index is 0.219. The molecule has 1 atom stereocenters. The zero-order valence-electron chi connectivity index (χ0n) is 11.4. The molecule has 0 amide bonds. The maximum atomic E-state index is 11.1. The Balaban J connectivity index is 2.11. The van der Waals surface area contributed by atoms with Gasteiger partial charge in [0, 0.05) is 0 Å². The molecule has 0 unspecified atom stereocenters. The van der Waals surface area contributed by atoms with Crippen LogP contribution in [-0.2, 0) is 16.0 Å². The summed E-state index contributed by atoms with van der Waals surface area (Å²) in [6, 6.07) is 17.4. The van der Waals surface area contributed by atoms with Gasteiger partial charge in [-0.3, -0.25) is 9.59 Å². The normalized spacial score (nSPS) is 11.8. The van der Waals surface area contributed by atoms with Crippen molar-refractivity contribution in [1.82, 2.24) is 0 Å². The molecule has 0 aliphatic rings. The van der Waals surface area contributed by atoms with Crippen molar-refractivity contribution in [3.8, 4) is 11.1 Å². The number of benzene rings is 2. The molecule has 0 saturated heterocycles. The molecule has 0 aliphatic heterocycles. The number of carbonyl (C=O) groups is 2. The predicted octanol–water partition coefficient (Wildman–Crippen LogP) is 3.07. The lowest BCUT2D eigenvalue weighted by Crippen LogP contribution is -2.20. The average molecular weight is 284 g/mol. The Morgan fingerprint density at radius 3 is 1.95 bits per heavy atom. The van der Waals surface area contributed by atoms with Gasteiger partial charge in [-0.1, -0.05) is 54.6 Å². The van der Waals surface area contributed by atoms with E-state index in [2.05, 4.69) is 0 Å². The van der Waals surface area contributed by atoms with Crippen LogP contribution in [0.5, 0.6) is 0 Å². The van der Waals surface area contributed by atoms with Crippen LogP contribution in [0.3, 0.4) is 0 Å². The predicted molar refractivity (Wildman–Crippen MR) is 79.0 cm³/mol. The second-order valence-electron chi connectivity index (χ2n) is 4.90. The Labute approximate surface area is 122 Å². The third-order valence-electron chi connectivity index (χ3n) is 3.31. The minimum atomic E-state index is -1.09. The van der Waals surface area contributed by atoms with Gasteiger partial charge in [0.2, 0.25) is 0 Å². The van der Waals surface area contributed by atoms with Crippen molar-refractivity contribution in [1.29, 1.82) is 0 Å². The first-order valence-corrected chi connectivity index (χ1v) is 6.65. The smallest absolute Gasteiger partial charge is 0.307 e. The molecule has 4 heteroatoms. The van der Waals surface area contributed by atoms with Crippen molar-refractivity contribution < 1.29 is 19.8 Å². The summed E-state index contributed by atoms with van der Waals surface area (Å²) in [4.78, 5) is 21.7. The van der Waals surface area contributed by atoms with Gasteiger partial charge in [0.05, 0.1) is 12.3 Å². The van der Waals surface area contributed by atoms with Crippen LogP contribution < -0.4 is 0 Å². The van der Waals surface area contributed by atoms with E-state index < -0.39 is 17.9 Å². The molecule has 108 valence electrons. The summed E-state index contributed by atoms with van der Waals surface area (Å²) in [6.45, 7) is 0. The molecule has 0 fully saturated rings. The zero-order valence-corrected chi connectivity index (χ0v) is 11.4. The van der Waals surface area contributed by atoms with E-state index >= 15 is 0 Å². The first-order chi connectivity index (χ1) is 10.1. The molecule has 21 heavy (non-hydrogen) atoms. The van der Waals surface area contributed by atoms with Gasteiger partial charge in [-0.25, -0.2) is 0 Å². The van der Waals surface area contributed by atoms with Crippen molar-refractivity contribution in [3.63, 3.8) is 0 Å². The molecule has 2 N–H and O–H groups in total. The number of aliphatic carboxylic acids is 2. The van der Waals surface area contributed by atoms with Crippen LogP contribution in [-0.4, -0.2) is 22.2 Å². The van der Waals surface area contributed by atoms with Crippen LogP contribution >= 0.6 is 0 Å². The van der Waals surface area contributed by atoms with Crippen LogP contribution in [0.4, 0.5) is 0 Å². The van der Waals surface area contributed by atoms with Gasteiger partial charge >= 0.3 is 11.9 Å². The van der Waals surface area contributed by atoms with E-state index in [1.54, 1.807) is 0 Å². The molecule has 2 rings (SSSR count). The highest BCUT2D eigenvalue weighted by molar-refractivity contribution is 5.78. The van der Waals surface area contributed by atoms with Crippen LogP contribution in [0.15, 0.2) is 54.6 Å². The molecule has 0 bridgehead atoms. The summed E-state index contributed by atoms with van der Waals surface area (Å²) in [5.41, 5.74) is 2.96. The topological polar surface area (TPSA) is 74.6 Å². The van der Waals surface area contributed by atoms with Gasteiger partial charge in [0.25, 0.3) is 0 Å². The molecule has 2 aromatic carbocycles. The first-order valence-electron chi connectivity index (χ1n) is 6.65. The lowest BCUT2D eigenvalue weighted by atomic mass is 9.95. The maximum Gasteiger partial charge on any atom is 0.307 e. The largest absolute Gasteiger partial charge is 0.481 e. The number of rotatable bonds is 6. The lowest BCUT2D eigenvalue weighted by Gasteiger charge is -2.10. The lowest BCUT2D eigenvalue weighted by molar-refractivity contribution is -0.148. The van der Waals surface area contributed by atoms with Crippen molar-refractivity contribution in [2.45, 2.75) is 12.8 Å². The molecule has 0 radical (unpaired) electrons. The Morgan fingerprint density at radius 2 is 1.43 bits per heavy atom. The highest BCUT2D eigenvalue weighted by Gasteiger charge is 2.21. The maximum absolute atomic E-state index is 11.1. The summed E-state index contributed by atoms with van der Waals surface area (Å²) in [7, 11) is 0. The monoisotopic (exact) mass is 284 g/mol. The molecular weight excluding hydrogens is 268 g/mol. The summed E-state index contributed by atoms with van der Waals surface area (Å²) in [5, 5.41) is 17.8. The fourth-order valence-corrected chi connectivity index (χ4v) is 2.21. The van der Waals surface area contributed by atoms with Gasteiger partial charge in [-0.15, -0.1) is 0 Å². The highest BCUT2D eigenvalue weighted by Crippen LogP contribution is 2.21. The van der Waals surface area contributed by atoms with Crippen LogP contribution in [0.1, 0.15) is 12.0 Å². The van der Waals surface area contributed by atoms with E-state index in [0.717, 1.165) is 16.7 Å². The van der Waals surface area contributed by atoms with E-state index in [0.29, 0.717) is 0 Å². The highest BCUT2D eigenvalue weighted by atomic mass is 16.4. The molecule has 0 spiro atoms. The van der Waals surface area contributed by atoms with Crippen molar-refractivity contribution in [2.24, 2.45) is 5.92 Å². The van der Waals surface area contributed by atoms with Crippen LogP contribution in [0.25, 0.3) is 11.1 Å². The summed E-state index contributed by atoms with van der Waals surface area (Å²) < 4.78 is 0. The van der Waals surface area contributed by atoms with Crippen molar-refractivity contribution in [3.05, 3.63) is 60.2 Å². The molecule has 2 aromatic rings. The molecule has 4 nitrogen and oxygen atoms in total. The second-order valence-corrected chi connectivity index (χ2v) is 4.90. The Hall–Kier alpha value is -2.62. The fraction of sp³-hybridized carbons (Fsp3) is 0.176. The van der Waals surface area contributed by atoms with Gasteiger partial charge in [0.15, 0.2) is 0 Å². The Morgan fingerprint density at radius 1 is 0.857 bits per heavy atom. The number of carboxylic acid groups (broad SMARTS) is 2. The molecule has 0 saturated carbocycles. The van der Waals surface area contributed by atoms with Gasteiger partial charge in [0.1, 0.15) is 0 Å². The summed E-state index contributed by atoms with van der Waals surface area (Å²) >= 11 is 0. The summed E-state index contributed by atoms with van der Waals surface area (Å²) in [6.07, 6.45) is -0.146. The SMILES string of the molecule is O=C(O)C[C@H](Cc1ccc(-c2ccccc2)cc1)C(=O)O. The summed E-state index contributed by atoms with van der Waals surface area (Å²) in [5.74, 6) is -3.07. The number of carboxylic acids is 2. The molecule has 0 heterocycles. The van der Waals surface area contributed by atoms with Crippen molar-refractivity contribution >= 4 is 11.9 Å². The minimum Gasteiger partial charge on any atom is -0.481 e. The Kier molecular flexibility index (Phi) is 4.72. The zero-order chi connectivity index (χ0) is 15.2. The second kappa shape index (κ2) is 6.70. The number of hydrogen-bond donors (Lipinski definition) is 2. The average Bonchev–Trinajstić information content (AvgIpc) is 2.48. The molecule has 0 aliphatic carbocycles. The third kappa shape index (κ3) is 4.18. The quantitative estimate of drug-likeness (QED) is 0.854. The van der Waals surface area contributed by atoms with Gasteiger partial charge < -0.3 is 10.2 Å². The van der Waals surface area contributed by atoms with E-state index in [9.17, 15) is 9.59 Å². The van der Waals surface area contributed by atoms with E-state index in [1.165, 1.54) is 0 Å². The van der Waals surface area contributed by atoms with E-state index in [4.69, 9.17) is 10.2 Å². The standard InChI is InChI=1S/C17H16O4/c18-16(19)11-15(17(20)21)10-12-6-8-14(9-7-12)13-4-2-1-3-5-13/h1-9,15H,10-11H2,(H,18,19)(H,20,21)/t15-/m0/s1. The molecular formula is C17H16O4.